The first-order valence-electron chi connectivity index (χ1n) is 8.53. The number of pyridine rings is 1. The normalized spacial score (nSPS) is 10.9. The molecule has 0 saturated carbocycles. The summed E-state index contributed by atoms with van der Waals surface area (Å²) in [7, 11) is 0. The molecule has 0 fully saturated rings. The number of nitriles is 1. The second-order valence-electron chi connectivity index (χ2n) is 6.04. The van der Waals surface area contributed by atoms with Gasteiger partial charge >= 0.3 is 0 Å². The summed E-state index contributed by atoms with van der Waals surface area (Å²) < 4.78 is 1.10. The van der Waals surface area contributed by atoms with Gasteiger partial charge in [-0.1, -0.05) is 31.4 Å². The largest absolute Gasteiger partial charge is 0.493 e. The SMILES string of the molecule is CCCCCn1c(O)c(C#N)c(C)c(N=Nc2ccc([N+](=O)[O-])cc2Cl)c1=O. The zero-order valence-electron chi connectivity index (χ0n) is 15.3. The molecule has 0 aliphatic rings. The maximum Gasteiger partial charge on any atom is 0.281 e. The van der Waals surface area contributed by atoms with Crippen LogP contribution in [0, 0.1) is 28.4 Å². The molecule has 0 atom stereocenters. The van der Waals surface area contributed by atoms with Crippen molar-refractivity contribution in [2.75, 3.05) is 0 Å². The van der Waals surface area contributed by atoms with Crippen molar-refractivity contribution in [3.63, 3.8) is 0 Å². The maximum atomic E-state index is 12.7. The van der Waals surface area contributed by atoms with E-state index in [1.165, 1.54) is 19.1 Å². The molecule has 0 radical (unpaired) electrons. The first-order chi connectivity index (χ1) is 13.3. The van der Waals surface area contributed by atoms with Crippen LogP contribution in [0.1, 0.15) is 37.3 Å². The van der Waals surface area contributed by atoms with Gasteiger partial charge < -0.3 is 5.11 Å². The molecule has 146 valence electrons. The number of aromatic hydroxyl groups is 1. The van der Waals surface area contributed by atoms with Gasteiger partial charge in [-0.3, -0.25) is 19.5 Å². The van der Waals surface area contributed by atoms with Gasteiger partial charge in [-0.15, -0.1) is 10.2 Å². The molecular formula is C18H18ClN5O4. The molecule has 0 aliphatic carbocycles. The highest BCUT2D eigenvalue weighted by molar-refractivity contribution is 6.33. The van der Waals surface area contributed by atoms with E-state index in [1.54, 1.807) is 0 Å². The van der Waals surface area contributed by atoms with Crippen LogP contribution in [0.15, 0.2) is 33.2 Å². The van der Waals surface area contributed by atoms with Gasteiger partial charge in [0.2, 0.25) is 5.88 Å². The molecule has 1 N–H and O–H groups in total. The molecule has 0 aliphatic heterocycles. The van der Waals surface area contributed by atoms with Crippen LogP contribution < -0.4 is 5.56 Å². The van der Waals surface area contributed by atoms with Crippen LogP contribution >= 0.6 is 11.6 Å². The monoisotopic (exact) mass is 403 g/mol. The molecule has 2 aromatic rings. The van der Waals surface area contributed by atoms with E-state index in [9.17, 15) is 25.3 Å². The van der Waals surface area contributed by atoms with E-state index in [0.717, 1.165) is 23.5 Å². The Balaban J connectivity index is 2.52. The van der Waals surface area contributed by atoms with Crippen LogP contribution in [0.5, 0.6) is 5.88 Å². The van der Waals surface area contributed by atoms with Gasteiger partial charge in [0.15, 0.2) is 5.69 Å². The van der Waals surface area contributed by atoms with Gasteiger partial charge in [0.05, 0.1) is 9.95 Å². The van der Waals surface area contributed by atoms with E-state index in [1.807, 2.05) is 13.0 Å². The van der Waals surface area contributed by atoms with Crippen LogP contribution in [-0.4, -0.2) is 14.6 Å². The van der Waals surface area contributed by atoms with Gasteiger partial charge in [-0.25, -0.2) is 0 Å². The lowest BCUT2D eigenvalue weighted by Gasteiger charge is -2.12. The Kier molecular flexibility index (Phi) is 6.84. The van der Waals surface area contributed by atoms with Gasteiger partial charge in [0.25, 0.3) is 11.2 Å². The molecule has 1 aromatic heterocycles. The molecule has 0 saturated heterocycles. The maximum absolute atomic E-state index is 12.7. The smallest absolute Gasteiger partial charge is 0.281 e. The van der Waals surface area contributed by atoms with E-state index in [0.29, 0.717) is 6.42 Å². The quantitative estimate of drug-likeness (QED) is 0.303. The highest BCUT2D eigenvalue weighted by Crippen LogP contribution is 2.31. The fourth-order valence-electron chi connectivity index (χ4n) is 2.58. The number of benzene rings is 1. The third-order valence-corrected chi connectivity index (χ3v) is 4.46. The summed E-state index contributed by atoms with van der Waals surface area (Å²) in [5.41, 5.74) is -0.601. The summed E-state index contributed by atoms with van der Waals surface area (Å²) in [4.78, 5) is 22.9. The minimum absolute atomic E-state index is 0.00170. The first kappa shape index (κ1) is 21.1. The fourth-order valence-corrected chi connectivity index (χ4v) is 2.79. The third kappa shape index (κ3) is 4.35. The van der Waals surface area contributed by atoms with Crippen LogP contribution in [-0.2, 0) is 6.54 Å². The van der Waals surface area contributed by atoms with Crippen LogP contribution in [0.3, 0.4) is 0 Å². The summed E-state index contributed by atoms with van der Waals surface area (Å²) >= 11 is 5.98. The zero-order valence-corrected chi connectivity index (χ0v) is 16.1. The minimum atomic E-state index is -0.592. The van der Waals surface area contributed by atoms with Gasteiger partial charge in [-0.05, 0) is 19.4 Å². The number of rotatable bonds is 7. The zero-order chi connectivity index (χ0) is 20.8. The van der Waals surface area contributed by atoms with Gasteiger partial charge in [0, 0.05) is 24.2 Å². The fraction of sp³-hybridized carbons (Fsp3) is 0.333. The number of non-ortho nitro benzene ring substituents is 1. The highest BCUT2D eigenvalue weighted by atomic mass is 35.5. The summed E-state index contributed by atoms with van der Waals surface area (Å²) in [5.74, 6) is -0.395. The third-order valence-electron chi connectivity index (χ3n) is 4.15. The number of halogens is 1. The number of hydrogen-bond acceptors (Lipinski definition) is 7. The Labute approximate surface area is 165 Å². The summed E-state index contributed by atoms with van der Waals surface area (Å²) in [6.07, 6.45) is 2.44. The average Bonchev–Trinajstić information content (AvgIpc) is 2.65. The van der Waals surface area contributed by atoms with Crippen molar-refractivity contribution in [3.8, 4) is 11.9 Å². The lowest BCUT2D eigenvalue weighted by Crippen LogP contribution is -2.22. The molecule has 1 heterocycles. The lowest BCUT2D eigenvalue weighted by molar-refractivity contribution is -0.384. The van der Waals surface area contributed by atoms with Crippen molar-refractivity contribution in [2.45, 2.75) is 39.7 Å². The molecule has 0 amide bonds. The van der Waals surface area contributed by atoms with E-state index >= 15 is 0 Å². The Morgan fingerprint density at radius 2 is 2.07 bits per heavy atom. The molecule has 0 bridgehead atoms. The number of unbranched alkanes of at least 4 members (excludes halogenated alkanes) is 2. The van der Waals surface area contributed by atoms with Crippen LogP contribution in [0.4, 0.5) is 17.1 Å². The topological polar surface area (TPSA) is 134 Å². The Morgan fingerprint density at radius 3 is 2.64 bits per heavy atom. The predicted octanol–water partition coefficient (Wildman–Crippen LogP) is 4.90. The number of nitro groups is 1. The number of nitro benzene ring substituents is 1. The standard InChI is InChI=1S/C18H18ClN5O4/c1-3-4-5-8-23-17(25)13(10-20)11(2)16(18(23)26)22-21-15-7-6-12(24(27)28)9-14(15)19/h6-7,9,25H,3-5,8H2,1-2H3. The van der Waals surface area contributed by atoms with E-state index in [4.69, 9.17) is 11.6 Å². The van der Waals surface area contributed by atoms with Crippen molar-refractivity contribution in [3.05, 3.63) is 54.8 Å². The number of aromatic nitrogens is 1. The van der Waals surface area contributed by atoms with Crippen molar-refractivity contribution >= 4 is 28.7 Å². The second-order valence-corrected chi connectivity index (χ2v) is 6.45. The Hall–Kier alpha value is -3.25. The van der Waals surface area contributed by atoms with Crippen LogP contribution in [0.2, 0.25) is 5.02 Å². The molecule has 0 unspecified atom stereocenters. The molecule has 10 heteroatoms. The number of hydrogen-bond donors (Lipinski definition) is 1. The van der Waals surface area contributed by atoms with Crippen molar-refractivity contribution in [1.29, 1.82) is 5.26 Å². The predicted molar refractivity (Wildman–Crippen MR) is 104 cm³/mol. The molecule has 9 nitrogen and oxygen atoms in total. The van der Waals surface area contributed by atoms with Gasteiger partial charge in [-0.2, -0.15) is 5.26 Å². The molecule has 2 rings (SSSR count). The van der Waals surface area contributed by atoms with E-state index < -0.39 is 16.4 Å². The van der Waals surface area contributed by atoms with Gasteiger partial charge in [0.1, 0.15) is 17.3 Å². The lowest BCUT2D eigenvalue weighted by atomic mass is 10.1. The summed E-state index contributed by atoms with van der Waals surface area (Å²) in [6.45, 7) is 3.74. The molecule has 1 aromatic carbocycles. The summed E-state index contributed by atoms with van der Waals surface area (Å²) in [6, 6.07) is 5.53. The van der Waals surface area contributed by atoms with E-state index in [-0.39, 0.29) is 39.8 Å². The second kappa shape index (κ2) is 9.10. The molecule has 0 spiro atoms. The highest BCUT2D eigenvalue weighted by Gasteiger charge is 2.19. The molecular weight excluding hydrogens is 386 g/mol. The van der Waals surface area contributed by atoms with Crippen molar-refractivity contribution in [1.82, 2.24) is 4.57 Å². The van der Waals surface area contributed by atoms with E-state index in [2.05, 4.69) is 10.2 Å². The minimum Gasteiger partial charge on any atom is -0.493 e. The van der Waals surface area contributed by atoms with Crippen molar-refractivity contribution < 1.29 is 10.0 Å². The Morgan fingerprint density at radius 1 is 1.36 bits per heavy atom. The van der Waals surface area contributed by atoms with Crippen molar-refractivity contribution in [2.24, 2.45) is 10.2 Å². The number of nitrogens with zero attached hydrogens (tertiary/aromatic N) is 5. The van der Waals surface area contributed by atoms with Crippen LogP contribution in [0.25, 0.3) is 0 Å². The summed E-state index contributed by atoms with van der Waals surface area (Å²) in [5, 5.41) is 38.2. The molecule has 28 heavy (non-hydrogen) atoms. The average molecular weight is 404 g/mol. The first-order valence-corrected chi connectivity index (χ1v) is 8.91. The Bertz CT molecular complexity index is 1040. The number of azo groups is 1.